The van der Waals surface area contributed by atoms with Gasteiger partial charge >= 0.3 is 0 Å². The first-order valence-corrected chi connectivity index (χ1v) is 8.75. The van der Waals surface area contributed by atoms with Crippen molar-refractivity contribution in [1.29, 1.82) is 0 Å². The SMILES string of the molecule is CC(C)N(CC(=O)NC(Cc1ccccn1)c1ccccc1)C(=O)CN. The zero-order chi connectivity index (χ0) is 18.9. The summed E-state index contributed by atoms with van der Waals surface area (Å²) in [5, 5.41) is 3.03. The number of aromatic nitrogens is 1. The van der Waals surface area contributed by atoms with E-state index in [0.29, 0.717) is 6.42 Å². The van der Waals surface area contributed by atoms with Crippen LogP contribution < -0.4 is 11.1 Å². The summed E-state index contributed by atoms with van der Waals surface area (Å²) in [6.07, 6.45) is 2.31. The Bertz CT molecular complexity index is 704. The van der Waals surface area contributed by atoms with Gasteiger partial charge < -0.3 is 16.0 Å². The van der Waals surface area contributed by atoms with Crippen molar-refractivity contribution < 1.29 is 9.59 Å². The molecule has 1 unspecified atom stereocenters. The first kappa shape index (κ1) is 19.6. The van der Waals surface area contributed by atoms with Crippen molar-refractivity contribution >= 4 is 11.8 Å². The molecule has 0 aliphatic rings. The summed E-state index contributed by atoms with van der Waals surface area (Å²) >= 11 is 0. The number of nitrogens with two attached hydrogens (primary N) is 1. The third-order valence-corrected chi connectivity index (χ3v) is 4.11. The van der Waals surface area contributed by atoms with Crippen molar-refractivity contribution in [1.82, 2.24) is 15.2 Å². The zero-order valence-electron chi connectivity index (χ0n) is 15.3. The van der Waals surface area contributed by atoms with Gasteiger partial charge in [0.2, 0.25) is 11.8 Å². The van der Waals surface area contributed by atoms with E-state index in [9.17, 15) is 9.59 Å². The summed E-state index contributed by atoms with van der Waals surface area (Å²) in [7, 11) is 0. The molecule has 1 heterocycles. The van der Waals surface area contributed by atoms with Crippen LogP contribution in [0.5, 0.6) is 0 Å². The number of nitrogens with one attached hydrogen (secondary N) is 1. The van der Waals surface area contributed by atoms with Crippen LogP contribution in [0.1, 0.15) is 31.1 Å². The number of hydrogen-bond acceptors (Lipinski definition) is 4. The van der Waals surface area contributed by atoms with E-state index >= 15 is 0 Å². The number of amides is 2. The number of nitrogens with zero attached hydrogens (tertiary/aromatic N) is 2. The van der Waals surface area contributed by atoms with Crippen LogP contribution >= 0.6 is 0 Å². The molecule has 3 N–H and O–H groups in total. The molecule has 0 saturated heterocycles. The molecule has 26 heavy (non-hydrogen) atoms. The van der Waals surface area contributed by atoms with Crippen LogP contribution in [0.4, 0.5) is 0 Å². The van der Waals surface area contributed by atoms with Crippen LogP contribution in [0.2, 0.25) is 0 Å². The second-order valence-corrected chi connectivity index (χ2v) is 6.38. The summed E-state index contributed by atoms with van der Waals surface area (Å²) in [5.41, 5.74) is 7.33. The van der Waals surface area contributed by atoms with Gasteiger partial charge in [0.05, 0.1) is 19.1 Å². The molecular weight excluding hydrogens is 328 g/mol. The molecule has 0 saturated carbocycles. The predicted molar refractivity (Wildman–Crippen MR) is 101 cm³/mol. The molecule has 0 aliphatic heterocycles. The van der Waals surface area contributed by atoms with Crippen LogP contribution in [0.15, 0.2) is 54.7 Å². The maximum atomic E-state index is 12.6. The Hall–Kier alpha value is -2.73. The van der Waals surface area contributed by atoms with Crippen LogP contribution in [0, 0.1) is 0 Å². The first-order chi connectivity index (χ1) is 12.5. The highest BCUT2D eigenvalue weighted by atomic mass is 16.2. The maximum Gasteiger partial charge on any atom is 0.240 e. The number of pyridine rings is 1. The third-order valence-electron chi connectivity index (χ3n) is 4.11. The molecule has 138 valence electrons. The van der Waals surface area contributed by atoms with E-state index in [1.807, 2.05) is 62.4 Å². The Labute approximate surface area is 154 Å². The number of carbonyl (C=O) groups is 2. The Morgan fingerprint density at radius 1 is 1.12 bits per heavy atom. The second kappa shape index (κ2) is 9.68. The summed E-state index contributed by atoms with van der Waals surface area (Å²) in [6.45, 7) is 3.60. The molecule has 0 radical (unpaired) electrons. The molecule has 1 aromatic heterocycles. The van der Waals surface area contributed by atoms with Crippen molar-refractivity contribution in [3.63, 3.8) is 0 Å². The monoisotopic (exact) mass is 354 g/mol. The largest absolute Gasteiger partial charge is 0.347 e. The lowest BCUT2D eigenvalue weighted by Crippen LogP contribution is -2.47. The average molecular weight is 354 g/mol. The molecule has 1 atom stereocenters. The molecule has 6 heteroatoms. The van der Waals surface area contributed by atoms with E-state index in [1.54, 1.807) is 6.20 Å². The van der Waals surface area contributed by atoms with E-state index in [4.69, 9.17) is 5.73 Å². The molecule has 0 bridgehead atoms. The number of carbonyl (C=O) groups excluding carboxylic acids is 2. The van der Waals surface area contributed by atoms with Crippen molar-refractivity contribution in [2.75, 3.05) is 13.1 Å². The van der Waals surface area contributed by atoms with Crippen molar-refractivity contribution in [2.45, 2.75) is 32.4 Å². The fourth-order valence-corrected chi connectivity index (χ4v) is 2.74. The summed E-state index contributed by atoms with van der Waals surface area (Å²) < 4.78 is 0. The average Bonchev–Trinajstić information content (AvgIpc) is 2.66. The van der Waals surface area contributed by atoms with Crippen LogP contribution in [0.3, 0.4) is 0 Å². The lowest BCUT2D eigenvalue weighted by atomic mass is 10.0. The highest BCUT2D eigenvalue weighted by Crippen LogP contribution is 2.17. The standard InChI is InChI=1S/C20H26N4O2/c1-15(2)24(20(26)13-21)14-19(25)23-18(16-8-4-3-5-9-16)12-17-10-6-7-11-22-17/h3-11,15,18H,12-14,21H2,1-2H3,(H,23,25). The van der Waals surface area contributed by atoms with Gasteiger partial charge in [-0.1, -0.05) is 36.4 Å². The molecule has 2 aromatic rings. The molecular formula is C20H26N4O2. The van der Waals surface area contributed by atoms with E-state index in [0.717, 1.165) is 11.3 Å². The van der Waals surface area contributed by atoms with Gasteiger partial charge in [0.15, 0.2) is 0 Å². The fourth-order valence-electron chi connectivity index (χ4n) is 2.74. The maximum absolute atomic E-state index is 12.6. The minimum Gasteiger partial charge on any atom is -0.347 e. The Morgan fingerprint density at radius 2 is 1.81 bits per heavy atom. The van der Waals surface area contributed by atoms with Crippen molar-refractivity contribution in [3.05, 3.63) is 66.0 Å². The molecule has 0 spiro atoms. The highest BCUT2D eigenvalue weighted by molar-refractivity contribution is 5.86. The smallest absolute Gasteiger partial charge is 0.240 e. The van der Waals surface area contributed by atoms with Gasteiger partial charge in [0.25, 0.3) is 0 Å². The topological polar surface area (TPSA) is 88.3 Å². The lowest BCUT2D eigenvalue weighted by Gasteiger charge is -2.27. The number of rotatable bonds is 8. The number of hydrogen-bond donors (Lipinski definition) is 2. The fraction of sp³-hybridized carbons (Fsp3) is 0.350. The van der Waals surface area contributed by atoms with Gasteiger partial charge in [-0.15, -0.1) is 0 Å². The first-order valence-electron chi connectivity index (χ1n) is 8.75. The van der Waals surface area contributed by atoms with Gasteiger partial charge in [-0.2, -0.15) is 0 Å². The summed E-state index contributed by atoms with van der Waals surface area (Å²) in [5.74, 6) is -0.457. The van der Waals surface area contributed by atoms with E-state index < -0.39 is 0 Å². The van der Waals surface area contributed by atoms with E-state index in [1.165, 1.54) is 4.90 Å². The summed E-state index contributed by atoms with van der Waals surface area (Å²) in [6, 6.07) is 15.1. The Balaban J connectivity index is 2.13. The molecule has 1 aromatic carbocycles. The third kappa shape index (κ3) is 5.67. The van der Waals surface area contributed by atoms with Gasteiger partial charge in [0.1, 0.15) is 0 Å². The van der Waals surface area contributed by atoms with Crippen LogP contribution in [0.25, 0.3) is 0 Å². The van der Waals surface area contributed by atoms with E-state index in [2.05, 4.69) is 10.3 Å². The van der Waals surface area contributed by atoms with Gasteiger partial charge in [-0.05, 0) is 31.5 Å². The van der Waals surface area contributed by atoms with Crippen LogP contribution in [-0.4, -0.2) is 40.8 Å². The molecule has 0 aliphatic carbocycles. The van der Waals surface area contributed by atoms with E-state index in [-0.39, 0.29) is 37.0 Å². The van der Waals surface area contributed by atoms with Gasteiger partial charge in [-0.3, -0.25) is 14.6 Å². The molecule has 6 nitrogen and oxygen atoms in total. The predicted octanol–water partition coefficient (Wildman–Crippen LogP) is 1.68. The summed E-state index contributed by atoms with van der Waals surface area (Å²) in [4.78, 5) is 30.4. The number of benzene rings is 1. The Morgan fingerprint density at radius 3 is 2.38 bits per heavy atom. The minimum absolute atomic E-state index is 0.0146. The highest BCUT2D eigenvalue weighted by Gasteiger charge is 2.21. The quantitative estimate of drug-likeness (QED) is 0.755. The lowest BCUT2D eigenvalue weighted by molar-refractivity contribution is -0.136. The molecule has 0 fully saturated rings. The Kier molecular flexibility index (Phi) is 7.29. The van der Waals surface area contributed by atoms with Gasteiger partial charge in [-0.25, -0.2) is 0 Å². The van der Waals surface area contributed by atoms with Crippen molar-refractivity contribution in [3.8, 4) is 0 Å². The van der Waals surface area contributed by atoms with Crippen molar-refractivity contribution in [2.24, 2.45) is 5.73 Å². The normalized spacial score (nSPS) is 11.8. The minimum atomic E-state index is -0.240. The zero-order valence-corrected chi connectivity index (χ0v) is 15.3. The second-order valence-electron chi connectivity index (χ2n) is 6.38. The molecule has 2 amide bonds. The van der Waals surface area contributed by atoms with Gasteiger partial charge in [0, 0.05) is 24.4 Å². The molecule has 2 rings (SSSR count). The van der Waals surface area contributed by atoms with Crippen LogP contribution in [-0.2, 0) is 16.0 Å².